The van der Waals surface area contributed by atoms with Crippen molar-refractivity contribution in [2.24, 2.45) is 10.9 Å². The van der Waals surface area contributed by atoms with Gasteiger partial charge in [-0.05, 0) is 44.9 Å². The minimum atomic E-state index is -0.0700. The molecule has 1 unspecified atom stereocenters. The number of benzene rings is 1. The second kappa shape index (κ2) is 13.2. The van der Waals surface area contributed by atoms with Gasteiger partial charge in [0.05, 0.1) is 6.54 Å². The van der Waals surface area contributed by atoms with Crippen molar-refractivity contribution < 1.29 is 9.53 Å². The van der Waals surface area contributed by atoms with Gasteiger partial charge in [-0.1, -0.05) is 31.5 Å². The molecule has 1 amide bonds. The van der Waals surface area contributed by atoms with Gasteiger partial charge in [0.2, 0.25) is 5.91 Å². The normalized spacial score (nSPS) is 16.2. The number of carbonyl (C=O) groups is 1. The van der Waals surface area contributed by atoms with E-state index >= 15 is 0 Å². The number of piperidine rings is 1. The first-order valence-electron chi connectivity index (χ1n) is 10.1. The van der Waals surface area contributed by atoms with Gasteiger partial charge in [0, 0.05) is 36.6 Å². The zero-order valence-corrected chi connectivity index (χ0v) is 20.9. The van der Waals surface area contributed by atoms with Crippen LogP contribution in [0.1, 0.15) is 40.5 Å². The van der Waals surface area contributed by atoms with Gasteiger partial charge in [-0.3, -0.25) is 4.79 Å². The van der Waals surface area contributed by atoms with E-state index in [0.29, 0.717) is 17.6 Å². The second-order valence-electron chi connectivity index (χ2n) is 7.50. The highest BCUT2D eigenvalue weighted by Gasteiger charge is 2.24. The van der Waals surface area contributed by atoms with E-state index in [1.165, 1.54) is 0 Å². The molecule has 8 heteroatoms. The van der Waals surface area contributed by atoms with E-state index in [0.717, 1.165) is 44.2 Å². The minimum absolute atomic E-state index is 0. The maximum absolute atomic E-state index is 12.1. The number of carbonyl (C=O) groups excluding carboxylic acids is 1. The van der Waals surface area contributed by atoms with Gasteiger partial charge in [-0.15, -0.1) is 24.0 Å². The van der Waals surface area contributed by atoms with Gasteiger partial charge in [0.1, 0.15) is 11.9 Å². The molecule has 2 rings (SSSR count). The summed E-state index contributed by atoms with van der Waals surface area (Å²) in [6, 6.07) is 7.71. The summed E-state index contributed by atoms with van der Waals surface area (Å²) < 4.78 is 5.89. The van der Waals surface area contributed by atoms with Gasteiger partial charge in [0.15, 0.2) is 5.96 Å². The lowest BCUT2D eigenvalue weighted by Gasteiger charge is -2.34. The third-order valence-corrected chi connectivity index (χ3v) is 4.86. The number of aliphatic imine (C=N–C) groups is 1. The van der Waals surface area contributed by atoms with Crippen molar-refractivity contribution >= 4 is 47.4 Å². The third-order valence-electron chi connectivity index (χ3n) is 4.63. The van der Waals surface area contributed by atoms with Crippen LogP contribution in [0.3, 0.4) is 0 Å². The Balaban J connectivity index is 0.00000420. The number of ether oxygens (including phenoxy) is 1. The number of nitrogens with one attached hydrogen (secondary N) is 2. The quantitative estimate of drug-likeness (QED) is 0.315. The summed E-state index contributed by atoms with van der Waals surface area (Å²) in [7, 11) is 0. The summed E-state index contributed by atoms with van der Waals surface area (Å²) in [5, 5.41) is 7.45. The Labute approximate surface area is 196 Å². The molecule has 1 fully saturated rings. The highest BCUT2D eigenvalue weighted by Crippen LogP contribution is 2.18. The fourth-order valence-corrected chi connectivity index (χ4v) is 3.33. The van der Waals surface area contributed by atoms with E-state index in [-0.39, 0.29) is 41.9 Å². The molecule has 0 radical (unpaired) electrons. The highest BCUT2D eigenvalue weighted by molar-refractivity contribution is 14.0. The zero-order valence-electron chi connectivity index (χ0n) is 17.8. The molecule has 0 aromatic heterocycles. The molecule has 164 valence electrons. The first-order valence-corrected chi connectivity index (χ1v) is 10.5. The topological polar surface area (TPSA) is 66.0 Å². The number of halogens is 2. The Bertz CT molecular complexity index is 664. The van der Waals surface area contributed by atoms with Crippen LogP contribution in [0.4, 0.5) is 0 Å². The Kier molecular flexibility index (Phi) is 11.7. The molecule has 0 saturated carbocycles. The lowest BCUT2D eigenvalue weighted by atomic mass is 10.0. The predicted octanol–water partition coefficient (Wildman–Crippen LogP) is 3.93. The lowest BCUT2D eigenvalue weighted by Crippen LogP contribution is -2.50. The highest BCUT2D eigenvalue weighted by atomic mass is 127. The maximum Gasteiger partial charge on any atom is 0.225 e. The number of nitrogens with zero attached hydrogens (tertiary/aromatic N) is 2. The summed E-state index contributed by atoms with van der Waals surface area (Å²) in [6.07, 6.45) is 1.79. The molecule has 1 heterocycles. The molecule has 0 bridgehead atoms. The Hall–Kier alpha value is -1.22. The van der Waals surface area contributed by atoms with Crippen LogP contribution in [0.5, 0.6) is 5.75 Å². The van der Waals surface area contributed by atoms with E-state index in [2.05, 4.69) is 15.6 Å². The fourth-order valence-electron chi connectivity index (χ4n) is 3.15. The molecule has 29 heavy (non-hydrogen) atoms. The number of hydrogen-bond donors (Lipinski definition) is 2. The van der Waals surface area contributed by atoms with Crippen LogP contribution in [-0.4, -0.2) is 55.1 Å². The molecule has 2 N–H and O–H groups in total. The van der Waals surface area contributed by atoms with Crippen LogP contribution in [0, 0.1) is 5.92 Å². The molecule has 6 nitrogen and oxygen atoms in total. The van der Waals surface area contributed by atoms with E-state index in [4.69, 9.17) is 16.3 Å². The van der Waals surface area contributed by atoms with Crippen molar-refractivity contribution in [1.82, 2.24) is 15.5 Å². The van der Waals surface area contributed by atoms with Gasteiger partial charge in [0.25, 0.3) is 0 Å². The van der Waals surface area contributed by atoms with Crippen molar-refractivity contribution in [3.63, 3.8) is 0 Å². The molecule has 0 aliphatic carbocycles. The van der Waals surface area contributed by atoms with Crippen LogP contribution < -0.4 is 15.4 Å². The molecule has 1 aliphatic heterocycles. The SMILES string of the molecule is CCNC(=NCC(C)Oc1cccc(Cl)c1)NC1CCN(C(=O)C(C)C)CC1.I. The molecular weight excluding hydrogens is 503 g/mol. The third kappa shape index (κ3) is 8.99. The average Bonchev–Trinajstić information content (AvgIpc) is 2.66. The summed E-state index contributed by atoms with van der Waals surface area (Å²) in [4.78, 5) is 18.8. The molecule has 1 saturated heterocycles. The average molecular weight is 537 g/mol. The van der Waals surface area contributed by atoms with Crippen molar-refractivity contribution in [3.05, 3.63) is 29.3 Å². The van der Waals surface area contributed by atoms with Crippen LogP contribution in [-0.2, 0) is 4.79 Å². The number of hydrogen-bond acceptors (Lipinski definition) is 3. The van der Waals surface area contributed by atoms with Crippen LogP contribution >= 0.6 is 35.6 Å². The summed E-state index contributed by atoms with van der Waals surface area (Å²) in [5.41, 5.74) is 0. The predicted molar refractivity (Wildman–Crippen MR) is 131 cm³/mol. The maximum atomic E-state index is 12.1. The van der Waals surface area contributed by atoms with E-state index in [1.807, 2.05) is 50.8 Å². The Morgan fingerprint density at radius 2 is 2.00 bits per heavy atom. The molecule has 1 aromatic carbocycles. The molecule has 1 aromatic rings. The van der Waals surface area contributed by atoms with Gasteiger partial charge < -0.3 is 20.3 Å². The standard InChI is InChI=1S/C21H33ClN4O2.HI/c1-5-23-21(24-14-16(4)28-19-8-6-7-17(22)13-19)25-18-9-11-26(12-10-18)20(27)15(2)3;/h6-8,13,15-16,18H,5,9-12,14H2,1-4H3,(H2,23,24,25);1H. The van der Waals surface area contributed by atoms with Crippen molar-refractivity contribution in [1.29, 1.82) is 0 Å². The molecule has 1 atom stereocenters. The van der Waals surface area contributed by atoms with E-state index in [1.54, 1.807) is 6.07 Å². The Morgan fingerprint density at radius 3 is 2.59 bits per heavy atom. The minimum Gasteiger partial charge on any atom is -0.489 e. The number of likely N-dealkylation sites (tertiary alicyclic amines) is 1. The van der Waals surface area contributed by atoms with Crippen molar-refractivity contribution in [2.75, 3.05) is 26.2 Å². The number of guanidine groups is 1. The van der Waals surface area contributed by atoms with E-state index in [9.17, 15) is 4.79 Å². The van der Waals surface area contributed by atoms with Gasteiger partial charge in [-0.25, -0.2) is 4.99 Å². The summed E-state index contributed by atoms with van der Waals surface area (Å²) >= 11 is 6.00. The van der Waals surface area contributed by atoms with Crippen molar-refractivity contribution in [3.8, 4) is 5.75 Å². The van der Waals surface area contributed by atoms with Crippen LogP contribution in [0.25, 0.3) is 0 Å². The van der Waals surface area contributed by atoms with Gasteiger partial charge in [-0.2, -0.15) is 0 Å². The Morgan fingerprint density at radius 1 is 1.31 bits per heavy atom. The number of rotatable bonds is 7. The summed E-state index contributed by atoms with van der Waals surface area (Å²) in [6.45, 7) is 10.9. The lowest BCUT2D eigenvalue weighted by molar-refractivity contribution is -0.135. The molecule has 0 spiro atoms. The van der Waals surface area contributed by atoms with E-state index < -0.39 is 0 Å². The largest absolute Gasteiger partial charge is 0.489 e. The van der Waals surface area contributed by atoms with Crippen LogP contribution in [0.2, 0.25) is 5.02 Å². The smallest absolute Gasteiger partial charge is 0.225 e. The van der Waals surface area contributed by atoms with Crippen LogP contribution in [0.15, 0.2) is 29.3 Å². The van der Waals surface area contributed by atoms with Crippen molar-refractivity contribution in [2.45, 2.75) is 52.7 Å². The monoisotopic (exact) mass is 536 g/mol. The zero-order chi connectivity index (χ0) is 20.5. The summed E-state index contributed by atoms with van der Waals surface area (Å²) in [5.74, 6) is 1.84. The first-order chi connectivity index (χ1) is 13.4. The molecule has 1 aliphatic rings. The van der Waals surface area contributed by atoms with Gasteiger partial charge >= 0.3 is 0 Å². The fraction of sp³-hybridized carbons (Fsp3) is 0.619. The number of amides is 1. The first kappa shape index (κ1) is 25.8. The second-order valence-corrected chi connectivity index (χ2v) is 7.94. The molecular formula is C21H34ClIN4O2.